The molecule has 2 aromatic rings. The van der Waals surface area contributed by atoms with Crippen molar-refractivity contribution in [2.75, 3.05) is 26.3 Å². The maximum Gasteiger partial charge on any atom is 0.138 e. The summed E-state index contributed by atoms with van der Waals surface area (Å²) in [5.41, 5.74) is 1.06. The Morgan fingerprint density at radius 3 is 2.76 bits per heavy atom. The van der Waals surface area contributed by atoms with E-state index in [2.05, 4.69) is 25.9 Å². The first-order chi connectivity index (χ1) is 10.3. The summed E-state index contributed by atoms with van der Waals surface area (Å²) in [5, 5.41) is 4.29. The van der Waals surface area contributed by atoms with Crippen molar-refractivity contribution in [3.63, 3.8) is 0 Å². The summed E-state index contributed by atoms with van der Waals surface area (Å²) in [5.74, 6) is 0.892. The number of likely N-dealkylation sites (tertiary alicyclic amines) is 1. The van der Waals surface area contributed by atoms with Gasteiger partial charge in [0, 0.05) is 13.1 Å². The Balaban J connectivity index is 1.38. The summed E-state index contributed by atoms with van der Waals surface area (Å²) in [4.78, 5) is 2.52. The molecule has 0 atom stereocenters. The number of hydrogen-bond acceptors (Lipinski definition) is 4. The van der Waals surface area contributed by atoms with Crippen LogP contribution in [0.4, 0.5) is 0 Å². The lowest BCUT2D eigenvalue weighted by Crippen LogP contribution is -2.52. The van der Waals surface area contributed by atoms with Gasteiger partial charge in [-0.15, -0.1) is 0 Å². The zero-order valence-corrected chi connectivity index (χ0v) is 13.3. The van der Waals surface area contributed by atoms with E-state index in [9.17, 15) is 0 Å². The van der Waals surface area contributed by atoms with Crippen LogP contribution < -0.4 is 4.74 Å². The number of aromatic nitrogens is 2. The van der Waals surface area contributed by atoms with E-state index in [1.165, 1.54) is 0 Å². The van der Waals surface area contributed by atoms with Gasteiger partial charge in [0.25, 0.3) is 0 Å². The number of halogens is 1. The molecule has 4 rings (SSSR count). The van der Waals surface area contributed by atoms with Crippen molar-refractivity contribution in [1.82, 2.24) is 14.5 Å². The molecule has 21 heavy (non-hydrogen) atoms. The van der Waals surface area contributed by atoms with Gasteiger partial charge in [-0.05, 0) is 40.9 Å². The molecule has 2 saturated heterocycles. The number of pyridine rings is 1. The van der Waals surface area contributed by atoms with Crippen molar-refractivity contribution in [3.8, 4) is 5.75 Å². The van der Waals surface area contributed by atoms with Gasteiger partial charge in [0.05, 0.1) is 41.6 Å². The topological polar surface area (TPSA) is 39.0 Å². The standard InChI is InChI=1S/C15H18BrN3O2/c16-14-7-17-19-8-13(1-2-15(14)19)21-12-3-5-18(6-4-12)11-9-20-10-11/h1-2,7-8,11-12H,3-6,9-10H2. The molecule has 0 amide bonds. The molecule has 0 radical (unpaired) electrons. The van der Waals surface area contributed by atoms with E-state index in [0.717, 1.165) is 54.9 Å². The van der Waals surface area contributed by atoms with Crippen molar-refractivity contribution in [2.45, 2.75) is 25.0 Å². The van der Waals surface area contributed by atoms with Crippen LogP contribution in [0.5, 0.6) is 5.75 Å². The van der Waals surface area contributed by atoms with Gasteiger partial charge < -0.3 is 9.47 Å². The van der Waals surface area contributed by atoms with Gasteiger partial charge in [0.2, 0.25) is 0 Å². The summed E-state index contributed by atoms with van der Waals surface area (Å²) in [6, 6.07) is 4.70. The Bertz CT molecular complexity index is 633. The Morgan fingerprint density at radius 1 is 1.24 bits per heavy atom. The number of piperidine rings is 1. The SMILES string of the molecule is Brc1cnn2cc(OC3CCN(C4COC4)CC3)ccc12. The van der Waals surface area contributed by atoms with Crippen molar-refractivity contribution >= 4 is 21.4 Å². The maximum absolute atomic E-state index is 6.12. The Kier molecular flexibility index (Phi) is 3.61. The third-order valence-electron chi connectivity index (χ3n) is 4.36. The molecule has 0 saturated carbocycles. The highest BCUT2D eigenvalue weighted by Crippen LogP contribution is 2.24. The van der Waals surface area contributed by atoms with E-state index < -0.39 is 0 Å². The predicted octanol–water partition coefficient (Wildman–Crippen LogP) is 2.34. The monoisotopic (exact) mass is 351 g/mol. The predicted molar refractivity (Wildman–Crippen MR) is 82.7 cm³/mol. The molecule has 2 aliphatic rings. The second-order valence-corrected chi connectivity index (χ2v) is 6.59. The number of nitrogens with zero attached hydrogens (tertiary/aromatic N) is 3. The van der Waals surface area contributed by atoms with Gasteiger partial charge >= 0.3 is 0 Å². The zero-order valence-electron chi connectivity index (χ0n) is 11.7. The van der Waals surface area contributed by atoms with Crippen LogP contribution in [0.2, 0.25) is 0 Å². The minimum Gasteiger partial charge on any atom is -0.489 e. The van der Waals surface area contributed by atoms with E-state index in [0.29, 0.717) is 12.1 Å². The lowest BCUT2D eigenvalue weighted by Gasteiger charge is -2.41. The highest BCUT2D eigenvalue weighted by molar-refractivity contribution is 9.10. The number of rotatable bonds is 3. The number of fused-ring (bicyclic) bond motifs is 1. The van der Waals surface area contributed by atoms with Gasteiger partial charge in [-0.25, -0.2) is 4.52 Å². The smallest absolute Gasteiger partial charge is 0.138 e. The molecule has 0 N–H and O–H groups in total. The Morgan fingerprint density at radius 2 is 2.05 bits per heavy atom. The highest BCUT2D eigenvalue weighted by Gasteiger charge is 2.30. The van der Waals surface area contributed by atoms with Crippen LogP contribution in [0.1, 0.15) is 12.8 Å². The fourth-order valence-electron chi connectivity index (χ4n) is 2.99. The Labute approximate surface area is 132 Å². The summed E-state index contributed by atoms with van der Waals surface area (Å²) in [6.45, 7) is 4.01. The van der Waals surface area contributed by atoms with Crippen LogP contribution >= 0.6 is 15.9 Å². The van der Waals surface area contributed by atoms with E-state index in [-0.39, 0.29) is 0 Å². The maximum atomic E-state index is 6.12. The molecule has 0 spiro atoms. The lowest BCUT2D eigenvalue weighted by atomic mass is 10.0. The normalized spacial score (nSPS) is 21.6. The molecule has 0 unspecified atom stereocenters. The fraction of sp³-hybridized carbons (Fsp3) is 0.533. The Hall–Kier alpha value is -1.11. The van der Waals surface area contributed by atoms with Crippen molar-refractivity contribution < 1.29 is 9.47 Å². The van der Waals surface area contributed by atoms with Crippen molar-refractivity contribution in [2.24, 2.45) is 0 Å². The molecule has 2 aromatic heterocycles. The summed E-state index contributed by atoms with van der Waals surface area (Å²) in [6.07, 6.45) is 6.22. The van der Waals surface area contributed by atoms with Crippen LogP contribution in [-0.4, -0.2) is 53.0 Å². The van der Waals surface area contributed by atoms with E-state index in [1.807, 2.05) is 22.8 Å². The van der Waals surface area contributed by atoms with Crippen molar-refractivity contribution in [1.29, 1.82) is 0 Å². The molecular weight excluding hydrogens is 334 g/mol. The van der Waals surface area contributed by atoms with Crippen LogP contribution in [0.25, 0.3) is 5.52 Å². The second-order valence-electron chi connectivity index (χ2n) is 5.73. The molecule has 0 bridgehead atoms. The molecule has 4 heterocycles. The molecule has 112 valence electrons. The average Bonchev–Trinajstić information content (AvgIpc) is 2.80. The highest BCUT2D eigenvalue weighted by atomic mass is 79.9. The van der Waals surface area contributed by atoms with Crippen LogP contribution in [-0.2, 0) is 4.74 Å². The molecule has 0 aliphatic carbocycles. The zero-order chi connectivity index (χ0) is 14.2. The van der Waals surface area contributed by atoms with E-state index in [4.69, 9.17) is 9.47 Å². The van der Waals surface area contributed by atoms with Gasteiger partial charge in [-0.3, -0.25) is 4.90 Å². The second kappa shape index (κ2) is 5.59. The quantitative estimate of drug-likeness (QED) is 0.850. The van der Waals surface area contributed by atoms with Crippen molar-refractivity contribution in [3.05, 3.63) is 29.0 Å². The van der Waals surface area contributed by atoms with Crippen LogP contribution in [0.15, 0.2) is 29.0 Å². The fourth-order valence-corrected chi connectivity index (χ4v) is 3.39. The third kappa shape index (κ3) is 2.67. The molecule has 2 fully saturated rings. The van der Waals surface area contributed by atoms with E-state index >= 15 is 0 Å². The molecular formula is C15H18BrN3O2. The molecule has 5 nitrogen and oxygen atoms in total. The van der Waals surface area contributed by atoms with Gasteiger partial charge in [-0.2, -0.15) is 5.10 Å². The minimum atomic E-state index is 0.304. The van der Waals surface area contributed by atoms with Gasteiger partial charge in [0.1, 0.15) is 11.9 Å². The van der Waals surface area contributed by atoms with Crippen LogP contribution in [0.3, 0.4) is 0 Å². The summed E-state index contributed by atoms with van der Waals surface area (Å²) in [7, 11) is 0. The lowest BCUT2D eigenvalue weighted by molar-refractivity contribution is -0.0778. The third-order valence-corrected chi connectivity index (χ3v) is 4.97. The first kappa shape index (κ1) is 13.5. The minimum absolute atomic E-state index is 0.304. The largest absolute Gasteiger partial charge is 0.489 e. The molecule has 0 aromatic carbocycles. The average molecular weight is 352 g/mol. The number of hydrogen-bond donors (Lipinski definition) is 0. The summed E-state index contributed by atoms with van der Waals surface area (Å²) >= 11 is 3.48. The van der Waals surface area contributed by atoms with Gasteiger partial charge in [-0.1, -0.05) is 0 Å². The first-order valence-electron chi connectivity index (χ1n) is 7.41. The van der Waals surface area contributed by atoms with E-state index in [1.54, 1.807) is 6.20 Å². The molecule has 2 aliphatic heterocycles. The first-order valence-corrected chi connectivity index (χ1v) is 8.20. The van der Waals surface area contributed by atoms with Crippen LogP contribution in [0, 0.1) is 0 Å². The number of ether oxygens (including phenoxy) is 2. The summed E-state index contributed by atoms with van der Waals surface area (Å²) < 4.78 is 14.2. The van der Waals surface area contributed by atoms with Gasteiger partial charge in [0.15, 0.2) is 0 Å². The molecule has 6 heteroatoms.